The first-order chi connectivity index (χ1) is 14.1. The maximum atomic E-state index is 13.1. The summed E-state index contributed by atoms with van der Waals surface area (Å²) in [4.78, 5) is 17.1. The number of anilines is 2. The Bertz CT molecular complexity index is 1210. The summed E-state index contributed by atoms with van der Waals surface area (Å²) in [6.45, 7) is 9.13. The molecule has 0 saturated carbocycles. The van der Waals surface area contributed by atoms with Gasteiger partial charge in [-0.25, -0.2) is 13.4 Å². The molecule has 1 amide bonds. The van der Waals surface area contributed by atoms with Crippen LogP contribution in [-0.2, 0) is 10.0 Å². The van der Waals surface area contributed by atoms with Crippen molar-refractivity contribution in [1.82, 2.24) is 4.98 Å². The lowest BCUT2D eigenvalue weighted by Crippen LogP contribution is -2.18. The maximum Gasteiger partial charge on any atom is 0.262 e. The monoisotopic (exact) mass is 423 g/mol. The summed E-state index contributed by atoms with van der Waals surface area (Å²) < 4.78 is 28.9. The van der Waals surface area contributed by atoms with E-state index in [2.05, 4.69) is 15.0 Å². The van der Waals surface area contributed by atoms with Crippen molar-refractivity contribution >= 4 is 27.4 Å². The van der Waals surface area contributed by atoms with Crippen LogP contribution in [0.4, 0.5) is 11.5 Å². The van der Waals surface area contributed by atoms with Crippen molar-refractivity contribution in [3.8, 4) is 0 Å². The number of aromatic nitrogens is 1. The van der Waals surface area contributed by atoms with E-state index in [9.17, 15) is 13.2 Å². The summed E-state index contributed by atoms with van der Waals surface area (Å²) in [5, 5.41) is 2.76. The Morgan fingerprint density at radius 3 is 2.17 bits per heavy atom. The van der Waals surface area contributed by atoms with Gasteiger partial charge in [0, 0.05) is 11.8 Å². The number of amides is 1. The van der Waals surface area contributed by atoms with Gasteiger partial charge in [0.2, 0.25) is 0 Å². The largest absolute Gasteiger partial charge is 0.306 e. The number of rotatable bonds is 5. The van der Waals surface area contributed by atoms with Crippen LogP contribution in [0.5, 0.6) is 0 Å². The van der Waals surface area contributed by atoms with Crippen molar-refractivity contribution in [3.05, 3.63) is 82.0 Å². The van der Waals surface area contributed by atoms with E-state index in [0.29, 0.717) is 33.8 Å². The minimum atomic E-state index is -3.82. The Balaban J connectivity index is 1.92. The van der Waals surface area contributed by atoms with Gasteiger partial charge in [-0.3, -0.25) is 9.52 Å². The third kappa shape index (κ3) is 4.52. The lowest BCUT2D eigenvalue weighted by molar-refractivity contribution is 0.102. The fourth-order valence-electron chi connectivity index (χ4n) is 3.46. The van der Waals surface area contributed by atoms with E-state index in [1.807, 2.05) is 32.0 Å². The molecule has 0 radical (unpaired) electrons. The molecule has 3 rings (SSSR count). The second-order valence-electron chi connectivity index (χ2n) is 7.49. The van der Waals surface area contributed by atoms with Crippen LogP contribution < -0.4 is 10.0 Å². The number of pyridine rings is 1. The van der Waals surface area contributed by atoms with Gasteiger partial charge in [-0.1, -0.05) is 29.8 Å². The van der Waals surface area contributed by atoms with Crippen molar-refractivity contribution in [3.63, 3.8) is 0 Å². The zero-order chi connectivity index (χ0) is 22.1. The molecule has 1 heterocycles. The van der Waals surface area contributed by atoms with Crippen LogP contribution in [0.1, 0.15) is 38.2 Å². The van der Waals surface area contributed by atoms with Crippen LogP contribution in [0.2, 0.25) is 0 Å². The first kappa shape index (κ1) is 21.5. The van der Waals surface area contributed by atoms with E-state index >= 15 is 0 Å². The standard InChI is InChI=1S/C23H25N3O3S/c1-14-11-17(4)21(18(5)12-14)30(28,29)26-20-13-19(9-8-15(20)2)23(27)25-22-16(3)7-6-10-24-22/h6-13,26H,1-5H3,(H,24,25,27). The molecule has 0 fully saturated rings. The van der Waals surface area contributed by atoms with E-state index in [0.717, 1.165) is 11.1 Å². The number of nitrogens with zero attached hydrogens (tertiary/aromatic N) is 1. The summed E-state index contributed by atoms with van der Waals surface area (Å²) in [5.41, 5.74) is 4.61. The molecule has 0 aliphatic rings. The van der Waals surface area contributed by atoms with Gasteiger partial charge >= 0.3 is 0 Å². The summed E-state index contributed by atoms with van der Waals surface area (Å²) in [6.07, 6.45) is 1.60. The van der Waals surface area contributed by atoms with Gasteiger partial charge in [0.1, 0.15) is 5.82 Å². The zero-order valence-electron chi connectivity index (χ0n) is 17.7. The van der Waals surface area contributed by atoms with Crippen LogP contribution in [-0.4, -0.2) is 19.3 Å². The highest BCUT2D eigenvalue weighted by Crippen LogP contribution is 2.26. The molecule has 6 nitrogen and oxygen atoms in total. The molecule has 156 valence electrons. The maximum absolute atomic E-state index is 13.1. The molecule has 0 saturated heterocycles. The molecule has 0 bridgehead atoms. The molecule has 7 heteroatoms. The molecule has 0 atom stereocenters. The van der Waals surface area contributed by atoms with E-state index < -0.39 is 10.0 Å². The quantitative estimate of drug-likeness (QED) is 0.624. The van der Waals surface area contributed by atoms with Crippen LogP contribution >= 0.6 is 0 Å². The molecule has 30 heavy (non-hydrogen) atoms. The van der Waals surface area contributed by atoms with Gasteiger partial charge in [-0.05, 0) is 75.1 Å². The third-order valence-corrected chi connectivity index (χ3v) is 6.53. The van der Waals surface area contributed by atoms with Gasteiger partial charge in [0.05, 0.1) is 10.6 Å². The predicted octanol–water partition coefficient (Wildman–Crippen LogP) is 4.68. The molecule has 2 N–H and O–H groups in total. The summed E-state index contributed by atoms with van der Waals surface area (Å²) in [5.74, 6) is 0.107. The van der Waals surface area contributed by atoms with Crippen LogP contribution in [0.15, 0.2) is 53.6 Å². The van der Waals surface area contributed by atoms with Gasteiger partial charge in [0.25, 0.3) is 15.9 Å². The summed E-state index contributed by atoms with van der Waals surface area (Å²) >= 11 is 0. The number of sulfonamides is 1. The average Bonchev–Trinajstić information content (AvgIpc) is 2.64. The summed E-state index contributed by atoms with van der Waals surface area (Å²) in [7, 11) is -3.82. The molecular formula is C23H25N3O3S. The van der Waals surface area contributed by atoms with Crippen LogP contribution in [0.3, 0.4) is 0 Å². The molecule has 2 aromatic carbocycles. The van der Waals surface area contributed by atoms with Crippen LogP contribution in [0.25, 0.3) is 0 Å². The van der Waals surface area contributed by atoms with E-state index in [1.54, 1.807) is 51.2 Å². The Hall–Kier alpha value is -3.19. The number of aryl methyl sites for hydroxylation is 5. The van der Waals surface area contributed by atoms with Crippen LogP contribution in [0, 0.1) is 34.6 Å². The first-order valence-electron chi connectivity index (χ1n) is 9.53. The highest BCUT2D eigenvalue weighted by Gasteiger charge is 2.21. The Kier molecular flexibility index (Phi) is 5.94. The van der Waals surface area contributed by atoms with Crippen molar-refractivity contribution < 1.29 is 13.2 Å². The molecule has 0 spiro atoms. The average molecular weight is 424 g/mol. The Labute approximate surface area is 177 Å². The third-order valence-electron chi connectivity index (χ3n) is 4.86. The number of nitrogens with one attached hydrogen (secondary N) is 2. The second kappa shape index (κ2) is 8.28. The highest BCUT2D eigenvalue weighted by atomic mass is 32.2. The molecule has 1 aromatic heterocycles. The highest BCUT2D eigenvalue weighted by molar-refractivity contribution is 7.92. The van der Waals surface area contributed by atoms with Gasteiger partial charge in [-0.2, -0.15) is 0 Å². The van der Waals surface area contributed by atoms with Gasteiger partial charge in [-0.15, -0.1) is 0 Å². The Morgan fingerprint density at radius 2 is 1.53 bits per heavy atom. The fourth-order valence-corrected chi connectivity index (χ4v) is 5.03. The first-order valence-corrected chi connectivity index (χ1v) is 11.0. The van der Waals surface area contributed by atoms with Crippen molar-refractivity contribution in [2.24, 2.45) is 0 Å². The molecule has 0 aliphatic carbocycles. The number of benzene rings is 2. The minimum Gasteiger partial charge on any atom is -0.306 e. The minimum absolute atomic E-state index is 0.256. The number of hydrogen-bond donors (Lipinski definition) is 2. The van der Waals surface area contributed by atoms with Gasteiger partial charge in [0.15, 0.2) is 0 Å². The predicted molar refractivity (Wildman–Crippen MR) is 120 cm³/mol. The fraction of sp³-hybridized carbons (Fsp3) is 0.217. The summed E-state index contributed by atoms with van der Waals surface area (Å²) in [6, 6.07) is 12.2. The smallest absolute Gasteiger partial charge is 0.262 e. The molecule has 0 unspecified atom stereocenters. The lowest BCUT2D eigenvalue weighted by Gasteiger charge is -2.16. The second-order valence-corrected chi connectivity index (χ2v) is 9.11. The van der Waals surface area contributed by atoms with E-state index in [4.69, 9.17) is 0 Å². The lowest BCUT2D eigenvalue weighted by atomic mass is 10.1. The molecule has 3 aromatic rings. The van der Waals surface area contributed by atoms with Gasteiger partial charge < -0.3 is 5.32 Å². The van der Waals surface area contributed by atoms with Crippen molar-refractivity contribution in [1.29, 1.82) is 0 Å². The topological polar surface area (TPSA) is 88.2 Å². The van der Waals surface area contributed by atoms with Crippen molar-refractivity contribution in [2.75, 3.05) is 10.0 Å². The Morgan fingerprint density at radius 1 is 0.867 bits per heavy atom. The zero-order valence-corrected chi connectivity index (χ0v) is 18.5. The normalized spacial score (nSPS) is 11.2. The SMILES string of the molecule is Cc1cc(C)c(S(=O)(=O)Nc2cc(C(=O)Nc3ncccc3C)ccc2C)c(C)c1. The number of carbonyl (C=O) groups is 1. The number of hydrogen-bond acceptors (Lipinski definition) is 4. The van der Waals surface area contributed by atoms with E-state index in [1.165, 1.54) is 0 Å². The molecular weight excluding hydrogens is 398 g/mol. The number of carbonyl (C=O) groups excluding carboxylic acids is 1. The van der Waals surface area contributed by atoms with Crippen molar-refractivity contribution in [2.45, 2.75) is 39.5 Å². The van der Waals surface area contributed by atoms with E-state index in [-0.39, 0.29) is 10.8 Å². The molecule has 0 aliphatic heterocycles.